The van der Waals surface area contributed by atoms with Gasteiger partial charge >= 0.3 is 12.0 Å². The third kappa shape index (κ3) is 6.00. The molecule has 0 aromatic carbocycles. The summed E-state index contributed by atoms with van der Waals surface area (Å²) in [7, 11) is 2.06. The Hall–Kier alpha value is -0.950. The number of nitrogens with one attached hydrogen (secondary N) is 2. The molecule has 1 rings (SSSR count). The Bertz CT molecular complexity index is 337. The lowest BCUT2D eigenvalue weighted by Crippen LogP contribution is -2.49. The van der Waals surface area contributed by atoms with Crippen LogP contribution in [0.1, 0.15) is 26.2 Å². The van der Waals surface area contributed by atoms with E-state index in [2.05, 4.69) is 29.5 Å². The summed E-state index contributed by atoms with van der Waals surface area (Å²) in [5.41, 5.74) is 0. The van der Waals surface area contributed by atoms with Crippen molar-refractivity contribution in [3.63, 3.8) is 0 Å². The molecule has 3 N–H and O–H groups in total. The van der Waals surface area contributed by atoms with E-state index in [0.29, 0.717) is 24.8 Å². The SMILES string of the molecule is CSCC[C@H](NC(=O)NCC(C)N(C)C1CC1)C(=O)O. The average Bonchev–Trinajstić information content (AvgIpc) is 3.23. The molecule has 0 aliphatic heterocycles. The summed E-state index contributed by atoms with van der Waals surface area (Å²) < 4.78 is 0. The number of aliphatic carboxylic acids is 1. The highest BCUT2D eigenvalue weighted by atomic mass is 32.2. The van der Waals surface area contributed by atoms with Crippen LogP contribution in [-0.4, -0.2) is 65.7 Å². The standard InChI is InChI=1S/C13H25N3O3S/c1-9(16(2)10-4-5-10)8-14-13(19)15-11(12(17)18)6-7-20-3/h9-11H,4-8H2,1-3H3,(H,17,18)(H2,14,15,19)/t9?,11-/m0/s1. The quantitative estimate of drug-likeness (QED) is 0.591. The molecule has 0 aromatic rings. The third-order valence-corrected chi connectivity index (χ3v) is 4.23. The zero-order valence-electron chi connectivity index (χ0n) is 12.4. The van der Waals surface area contributed by atoms with Crippen LogP contribution in [0.2, 0.25) is 0 Å². The molecule has 1 unspecified atom stereocenters. The van der Waals surface area contributed by atoms with Crippen LogP contribution >= 0.6 is 11.8 Å². The summed E-state index contributed by atoms with van der Waals surface area (Å²) in [6, 6.07) is -0.334. The zero-order chi connectivity index (χ0) is 15.1. The number of hydrogen-bond acceptors (Lipinski definition) is 4. The van der Waals surface area contributed by atoms with Crippen LogP contribution in [0.5, 0.6) is 0 Å². The van der Waals surface area contributed by atoms with Gasteiger partial charge in [-0.25, -0.2) is 9.59 Å². The summed E-state index contributed by atoms with van der Waals surface area (Å²) in [6.07, 6.45) is 4.79. The molecular weight excluding hydrogens is 278 g/mol. The number of nitrogens with zero attached hydrogens (tertiary/aromatic N) is 1. The molecule has 0 aromatic heterocycles. The number of hydrogen-bond donors (Lipinski definition) is 3. The van der Waals surface area contributed by atoms with E-state index in [9.17, 15) is 9.59 Å². The van der Waals surface area contributed by atoms with Crippen molar-refractivity contribution < 1.29 is 14.7 Å². The van der Waals surface area contributed by atoms with Crippen LogP contribution in [0, 0.1) is 0 Å². The first-order valence-electron chi connectivity index (χ1n) is 6.93. The van der Waals surface area contributed by atoms with Gasteiger partial charge in [0, 0.05) is 18.6 Å². The van der Waals surface area contributed by atoms with Gasteiger partial charge in [0.2, 0.25) is 0 Å². The van der Waals surface area contributed by atoms with Crippen molar-refractivity contribution in [3.8, 4) is 0 Å². The van der Waals surface area contributed by atoms with Crippen LogP contribution in [0.4, 0.5) is 4.79 Å². The normalized spacial score (nSPS) is 17.6. The van der Waals surface area contributed by atoms with E-state index in [-0.39, 0.29) is 6.04 Å². The number of carboxylic acids is 1. The largest absolute Gasteiger partial charge is 0.480 e. The minimum atomic E-state index is -0.989. The van der Waals surface area contributed by atoms with Crippen molar-refractivity contribution in [1.29, 1.82) is 0 Å². The Morgan fingerprint density at radius 1 is 1.45 bits per heavy atom. The van der Waals surface area contributed by atoms with Gasteiger partial charge < -0.3 is 15.7 Å². The fourth-order valence-corrected chi connectivity index (χ4v) is 2.40. The van der Waals surface area contributed by atoms with E-state index >= 15 is 0 Å². The minimum absolute atomic E-state index is 0.253. The average molecular weight is 303 g/mol. The Kier molecular flexibility index (Phi) is 7.15. The molecule has 2 amide bonds. The lowest BCUT2D eigenvalue weighted by atomic mass is 10.2. The molecule has 2 atom stereocenters. The maximum absolute atomic E-state index is 11.7. The molecule has 116 valence electrons. The Morgan fingerprint density at radius 3 is 2.60 bits per heavy atom. The second kappa shape index (κ2) is 8.36. The maximum atomic E-state index is 11.7. The number of carbonyl (C=O) groups excluding carboxylic acids is 1. The number of carbonyl (C=O) groups is 2. The van der Waals surface area contributed by atoms with Crippen molar-refractivity contribution in [2.24, 2.45) is 0 Å². The van der Waals surface area contributed by atoms with Crippen LogP contribution in [0.3, 0.4) is 0 Å². The lowest BCUT2D eigenvalue weighted by molar-refractivity contribution is -0.139. The molecule has 1 aliphatic carbocycles. The van der Waals surface area contributed by atoms with Gasteiger partial charge in [0.25, 0.3) is 0 Å². The van der Waals surface area contributed by atoms with Gasteiger partial charge in [-0.15, -0.1) is 0 Å². The van der Waals surface area contributed by atoms with Gasteiger partial charge in [0.15, 0.2) is 0 Å². The van der Waals surface area contributed by atoms with E-state index < -0.39 is 18.0 Å². The first-order chi connectivity index (χ1) is 9.45. The van der Waals surface area contributed by atoms with Gasteiger partial charge in [-0.05, 0) is 45.2 Å². The monoisotopic (exact) mass is 303 g/mol. The van der Waals surface area contributed by atoms with E-state index in [4.69, 9.17) is 5.11 Å². The van der Waals surface area contributed by atoms with E-state index in [1.165, 1.54) is 12.8 Å². The molecule has 0 bridgehead atoms. The first kappa shape index (κ1) is 17.1. The van der Waals surface area contributed by atoms with Crippen molar-refractivity contribution in [1.82, 2.24) is 15.5 Å². The Morgan fingerprint density at radius 2 is 2.10 bits per heavy atom. The number of amides is 2. The highest BCUT2D eigenvalue weighted by Gasteiger charge is 2.29. The molecule has 0 radical (unpaired) electrons. The van der Waals surface area contributed by atoms with Crippen LogP contribution in [0.15, 0.2) is 0 Å². The summed E-state index contributed by atoms with van der Waals surface area (Å²) in [4.78, 5) is 25.0. The smallest absolute Gasteiger partial charge is 0.326 e. The number of carboxylic acid groups (broad SMARTS) is 1. The molecule has 7 heteroatoms. The van der Waals surface area contributed by atoms with Gasteiger partial charge in [-0.3, -0.25) is 4.90 Å². The van der Waals surface area contributed by atoms with Crippen LogP contribution < -0.4 is 10.6 Å². The van der Waals surface area contributed by atoms with E-state index in [1.807, 2.05) is 6.26 Å². The van der Waals surface area contributed by atoms with Crippen LogP contribution in [-0.2, 0) is 4.79 Å². The molecule has 0 saturated heterocycles. The summed E-state index contributed by atoms with van der Waals surface area (Å²) in [5.74, 6) is -0.282. The predicted octanol–water partition coefficient (Wildman–Crippen LogP) is 0.975. The van der Waals surface area contributed by atoms with Crippen molar-refractivity contribution >= 4 is 23.8 Å². The van der Waals surface area contributed by atoms with Crippen molar-refractivity contribution in [3.05, 3.63) is 0 Å². The number of rotatable bonds is 9. The molecule has 0 spiro atoms. The fraction of sp³-hybridized carbons (Fsp3) is 0.846. The van der Waals surface area contributed by atoms with Crippen LogP contribution in [0.25, 0.3) is 0 Å². The topological polar surface area (TPSA) is 81.7 Å². The van der Waals surface area contributed by atoms with Crippen molar-refractivity contribution in [2.45, 2.75) is 44.3 Å². The number of urea groups is 1. The lowest BCUT2D eigenvalue weighted by Gasteiger charge is -2.25. The second-order valence-corrected chi connectivity index (χ2v) is 6.26. The van der Waals surface area contributed by atoms with Gasteiger partial charge in [-0.2, -0.15) is 11.8 Å². The first-order valence-corrected chi connectivity index (χ1v) is 8.33. The molecule has 1 fully saturated rings. The van der Waals surface area contributed by atoms with E-state index in [1.54, 1.807) is 11.8 Å². The molecule has 0 heterocycles. The summed E-state index contributed by atoms with van der Waals surface area (Å²) in [6.45, 7) is 2.58. The zero-order valence-corrected chi connectivity index (χ0v) is 13.2. The Labute approximate surface area is 124 Å². The Balaban J connectivity index is 2.27. The second-order valence-electron chi connectivity index (χ2n) is 5.27. The van der Waals surface area contributed by atoms with Gasteiger partial charge in [0.1, 0.15) is 6.04 Å². The molecule has 6 nitrogen and oxygen atoms in total. The fourth-order valence-electron chi connectivity index (χ4n) is 1.93. The van der Waals surface area contributed by atoms with Gasteiger partial charge in [-0.1, -0.05) is 0 Å². The molecule has 1 aliphatic rings. The predicted molar refractivity (Wildman–Crippen MR) is 81.2 cm³/mol. The molecule has 1 saturated carbocycles. The summed E-state index contributed by atoms with van der Waals surface area (Å²) in [5, 5.41) is 14.3. The van der Waals surface area contributed by atoms with Gasteiger partial charge in [0.05, 0.1) is 0 Å². The number of likely N-dealkylation sites (N-methyl/N-ethyl adjacent to an activating group) is 1. The highest BCUT2D eigenvalue weighted by Crippen LogP contribution is 2.26. The maximum Gasteiger partial charge on any atom is 0.326 e. The molecule has 20 heavy (non-hydrogen) atoms. The summed E-state index contributed by atoms with van der Waals surface area (Å²) >= 11 is 1.57. The number of thioether (sulfide) groups is 1. The van der Waals surface area contributed by atoms with Crippen molar-refractivity contribution in [2.75, 3.05) is 25.6 Å². The molecular formula is C13H25N3O3S. The van der Waals surface area contributed by atoms with E-state index in [0.717, 1.165) is 0 Å². The third-order valence-electron chi connectivity index (χ3n) is 3.59. The minimum Gasteiger partial charge on any atom is -0.480 e. The highest BCUT2D eigenvalue weighted by molar-refractivity contribution is 7.98.